The predicted molar refractivity (Wildman–Crippen MR) is 122 cm³/mol. The smallest absolute Gasteiger partial charge is 0.343 e. The Balaban J connectivity index is 1.61. The number of primary amides is 1. The first-order valence-electron chi connectivity index (χ1n) is 9.76. The Hall–Kier alpha value is -4.79. The first-order valence-corrected chi connectivity index (χ1v) is 9.76. The minimum atomic E-state index is -1.01. The highest BCUT2D eigenvalue weighted by Gasteiger charge is 2.14. The van der Waals surface area contributed by atoms with Crippen LogP contribution in [0.25, 0.3) is 0 Å². The molecular formula is C24H20N4O5. The zero-order valence-electron chi connectivity index (χ0n) is 17.6. The lowest BCUT2D eigenvalue weighted by Gasteiger charge is -2.09. The second-order valence-corrected chi connectivity index (χ2v) is 6.84. The van der Waals surface area contributed by atoms with Gasteiger partial charge in [0.05, 0.1) is 11.8 Å². The number of anilines is 1. The Bertz CT molecular complexity index is 1240. The lowest BCUT2D eigenvalue weighted by atomic mass is 10.1. The maximum absolute atomic E-state index is 12.5. The second-order valence-electron chi connectivity index (χ2n) is 6.84. The van der Waals surface area contributed by atoms with Crippen LogP contribution < -0.4 is 21.2 Å². The van der Waals surface area contributed by atoms with Gasteiger partial charge in [-0.2, -0.15) is 5.10 Å². The number of aryl methyl sites for hydroxylation is 1. The van der Waals surface area contributed by atoms with Gasteiger partial charge in [0.2, 0.25) is 5.91 Å². The van der Waals surface area contributed by atoms with Crippen molar-refractivity contribution in [3.63, 3.8) is 0 Å². The number of benzene rings is 3. The van der Waals surface area contributed by atoms with Crippen LogP contribution in [0.2, 0.25) is 0 Å². The summed E-state index contributed by atoms with van der Waals surface area (Å²) in [6.07, 6.45) is 1.26. The van der Waals surface area contributed by atoms with Crippen molar-refractivity contribution in [2.45, 2.75) is 6.92 Å². The summed E-state index contributed by atoms with van der Waals surface area (Å²) >= 11 is 0. The van der Waals surface area contributed by atoms with Crippen LogP contribution >= 0.6 is 0 Å². The van der Waals surface area contributed by atoms with Gasteiger partial charge in [0.1, 0.15) is 5.75 Å². The van der Waals surface area contributed by atoms with E-state index in [4.69, 9.17) is 10.5 Å². The Morgan fingerprint density at radius 3 is 2.24 bits per heavy atom. The lowest BCUT2D eigenvalue weighted by Crippen LogP contribution is -2.32. The maximum atomic E-state index is 12.5. The van der Waals surface area contributed by atoms with E-state index in [9.17, 15) is 19.2 Å². The number of nitrogens with one attached hydrogen (secondary N) is 2. The van der Waals surface area contributed by atoms with E-state index < -0.39 is 23.7 Å². The number of nitrogens with zero attached hydrogens (tertiary/aromatic N) is 1. The van der Waals surface area contributed by atoms with Gasteiger partial charge in [-0.25, -0.2) is 10.2 Å². The van der Waals surface area contributed by atoms with Gasteiger partial charge in [-0.1, -0.05) is 30.3 Å². The number of esters is 1. The van der Waals surface area contributed by atoms with Crippen LogP contribution in [0.1, 0.15) is 31.8 Å². The molecule has 9 heteroatoms. The minimum absolute atomic E-state index is 0.239. The number of para-hydroxylation sites is 1. The van der Waals surface area contributed by atoms with E-state index in [-0.39, 0.29) is 11.3 Å². The molecule has 0 aromatic heterocycles. The van der Waals surface area contributed by atoms with Crippen molar-refractivity contribution in [3.8, 4) is 5.75 Å². The van der Waals surface area contributed by atoms with E-state index >= 15 is 0 Å². The summed E-state index contributed by atoms with van der Waals surface area (Å²) < 4.78 is 5.47. The minimum Gasteiger partial charge on any atom is -0.422 e. The number of nitrogens with two attached hydrogens (primary N) is 1. The molecule has 3 aromatic carbocycles. The summed E-state index contributed by atoms with van der Waals surface area (Å²) in [6, 6.07) is 19.4. The number of carbonyl (C=O) groups excluding carboxylic acids is 4. The Labute approximate surface area is 189 Å². The molecule has 166 valence electrons. The second kappa shape index (κ2) is 10.5. The molecule has 9 nitrogen and oxygen atoms in total. The summed E-state index contributed by atoms with van der Waals surface area (Å²) in [4.78, 5) is 47.6. The monoisotopic (exact) mass is 444 g/mol. The van der Waals surface area contributed by atoms with Gasteiger partial charge < -0.3 is 15.8 Å². The summed E-state index contributed by atoms with van der Waals surface area (Å²) in [6.45, 7) is 1.80. The Morgan fingerprint density at radius 1 is 0.879 bits per heavy atom. The van der Waals surface area contributed by atoms with Crippen LogP contribution in [0.15, 0.2) is 77.9 Å². The van der Waals surface area contributed by atoms with Crippen molar-refractivity contribution in [2.24, 2.45) is 10.8 Å². The third kappa shape index (κ3) is 6.11. The number of carbonyl (C=O) groups is 4. The summed E-state index contributed by atoms with van der Waals surface area (Å²) in [7, 11) is 0. The molecule has 4 N–H and O–H groups in total. The standard InChI is InChI=1S/C24H20N4O5/c1-15-6-2-4-8-19(15)24(32)33-20-9-5-3-7-17(20)14-26-28-23(31)22(30)27-18-12-10-16(11-13-18)21(25)29/h2-14H,1H3,(H2,25,29)(H,27,30)(H,28,31)/b26-14+. The van der Waals surface area contributed by atoms with Crippen molar-refractivity contribution in [3.05, 3.63) is 95.1 Å². The van der Waals surface area contributed by atoms with Gasteiger partial charge in [-0.3, -0.25) is 14.4 Å². The van der Waals surface area contributed by atoms with E-state index in [1.807, 2.05) is 6.07 Å². The van der Waals surface area contributed by atoms with Crippen LogP contribution in [-0.2, 0) is 9.59 Å². The largest absolute Gasteiger partial charge is 0.422 e. The number of ether oxygens (including phenoxy) is 1. The summed E-state index contributed by atoms with van der Waals surface area (Å²) in [5, 5.41) is 6.13. The van der Waals surface area contributed by atoms with E-state index in [0.29, 0.717) is 16.8 Å². The van der Waals surface area contributed by atoms with Gasteiger partial charge in [-0.15, -0.1) is 0 Å². The van der Waals surface area contributed by atoms with Gasteiger partial charge in [0, 0.05) is 16.8 Å². The topological polar surface area (TPSA) is 140 Å². The van der Waals surface area contributed by atoms with Crippen molar-refractivity contribution >= 4 is 35.6 Å². The molecule has 0 unspecified atom stereocenters. The van der Waals surface area contributed by atoms with E-state index in [1.54, 1.807) is 49.4 Å². The molecule has 0 saturated heterocycles. The van der Waals surface area contributed by atoms with Crippen molar-refractivity contribution < 1.29 is 23.9 Å². The van der Waals surface area contributed by atoms with Gasteiger partial charge in [0.25, 0.3) is 0 Å². The van der Waals surface area contributed by atoms with Crippen LogP contribution in [0.3, 0.4) is 0 Å². The molecule has 0 spiro atoms. The summed E-state index contributed by atoms with van der Waals surface area (Å²) in [5.41, 5.74) is 9.45. The fourth-order valence-electron chi connectivity index (χ4n) is 2.75. The van der Waals surface area contributed by atoms with Crippen LogP contribution in [0, 0.1) is 6.92 Å². The molecule has 0 radical (unpaired) electrons. The fraction of sp³-hybridized carbons (Fsp3) is 0.0417. The molecule has 0 saturated carbocycles. The number of hydrazone groups is 1. The van der Waals surface area contributed by atoms with Gasteiger partial charge in [-0.05, 0) is 55.0 Å². The average molecular weight is 444 g/mol. The van der Waals surface area contributed by atoms with Crippen LogP contribution in [-0.4, -0.2) is 29.9 Å². The molecule has 0 atom stereocenters. The first-order chi connectivity index (χ1) is 15.8. The molecule has 0 aliphatic rings. The fourth-order valence-corrected chi connectivity index (χ4v) is 2.75. The van der Waals surface area contributed by atoms with E-state index in [1.165, 1.54) is 30.5 Å². The van der Waals surface area contributed by atoms with Crippen molar-refractivity contribution in [2.75, 3.05) is 5.32 Å². The highest BCUT2D eigenvalue weighted by Crippen LogP contribution is 2.19. The molecular weight excluding hydrogens is 424 g/mol. The van der Waals surface area contributed by atoms with Gasteiger partial charge in [0.15, 0.2) is 0 Å². The van der Waals surface area contributed by atoms with E-state index in [2.05, 4.69) is 15.8 Å². The average Bonchev–Trinajstić information content (AvgIpc) is 2.80. The molecule has 0 heterocycles. The molecule has 0 aliphatic carbocycles. The van der Waals surface area contributed by atoms with E-state index in [0.717, 1.165) is 5.56 Å². The number of rotatable bonds is 6. The third-order valence-corrected chi connectivity index (χ3v) is 4.49. The molecule has 33 heavy (non-hydrogen) atoms. The number of hydrogen-bond donors (Lipinski definition) is 3. The molecule has 3 aromatic rings. The van der Waals surface area contributed by atoms with Crippen LogP contribution in [0.5, 0.6) is 5.75 Å². The molecule has 0 bridgehead atoms. The Kier molecular flexibility index (Phi) is 7.28. The molecule has 3 amide bonds. The number of hydrogen-bond acceptors (Lipinski definition) is 6. The SMILES string of the molecule is Cc1ccccc1C(=O)Oc1ccccc1/C=N/NC(=O)C(=O)Nc1ccc(C(N)=O)cc1. The molecule has 0 fully saturated rings. The van der Waals surface area contributed by atoms with Crippen molar-refractivity contribution in [1.82, 2.24) is 5.43 Å². The molecule has 0 aliphatic heterocycles. The van der Waals surface area contributed by atoms with Crippen molar-refractivity contribution in [1.29, 1.82) is 0 Å². The highest BCUT2D eigenvalue weighted by molar-refractivity contribution is 6.39. The van der Waals surface area contributed by atoms with Crippen LogP contribution in [0.4, 0.5) is 5.69 Å². The first kappa shape index (κ1) is 22.9. The normalized spacial score (nSPS) is 10.5. The third-order valence-electron chi connectivity index (χ3n) is 4.49. The Morgan fingerprint density at radius 2 is 1.55 bits per heavy atom. The predicted octanol–water partition coefficient (Wildman–Crippen LogP) is 2.40. The quantitative estimate of drug-likeness (QED) is 0.176. The zero-order valence-corrected chi connectivity index (χ0v) is 17.6. The summed E-state index contributed by atoms with van der Waals surface area (Å²) in [5.74, 6) is -2.87. The lowest BCUT2D eigenvalue weighted by molar-refractivity contribution is -0.136. The zero-order chi connectivity index (χ0) is 23.8. The van der Waals surface area contributed by atoms with Gasteiger partial charge >= 0.3 is 17.8 Å². The maximum Gasteiger partial charge on any atom is 0.343 e. The highest BCUT2D eigenvalue weighted by atomic mass is 16.5. The number of amides is 3. The molecule has 3 rings (SSSR count).